The van der Waals surface area contributed by atoms with Crippen LogP contribution < -0.4 is 0 Å². The van der Waals surface area contributed by atoms with Gasteiger partial charge in [0, 0.05) is 29.8 Å². The highest BCUT2D eigenvalue weighted by atomic mass is 35.5. The van der Waals surface area contributed by atoms with E-state index in [-0.39, 0.29) is 0 Å². The van der Waals surface area contributed by atoms with Crippen molar-refractivity contribution in [1.82, 2.24) is 19.7 Å². The van der Waals surface area contributed by atoms with Crippen LogP contribution in [0.5, 0.6) is 0 Å². The molecular weight excluding hydrogens is 452 g/mol. The van der Waals surface area contributed by atoms with Crippen molar-refractivity contribution in [3.8, 4) is 0 Å². The first-order chi connectivity index (χ1) is 16.2. The lowest BCUT2D eigenvalue weighted by atomic mass is 9.95. The second kappa shape index (κ2) is 11.0. The highest BCUT2D eigenvalue weighted by molar-refractivity contribution is 7.99. The molecule has 7 heteroatoms. The van der Waals surface area contributed by atoms with Crippen molar-refractivity contribution in [2.24, 2.45) is 0 Å². The molecule has 1 unspecified atom stereocenters. The number of hydrogen-bond acceptors (Lipinski definition) is 5. The number of halogens is 1. The Morgan fingerprint density at radius 3 is 2.52 bits per heavy atom. The number of nitrogens with zero attached hydrogens (tertiary/aromatic N) is 4. The number of likely N-dealkylation sites (tertiary alicyclic amines) is 1. The van der Waals surface area contributed by atoms with Crippen LogP contribution in [0.15, 0.2) is 59.8 Å². The Hall–Kier alpha value is -1.86. The molecule has 2 aliphatic rings. The van der Waals surface area contributed by atoms with Crippen molar-refractivity contribution in [2.45, 2.75) is 56.0 Å². The van der Waals surface area contributed by atoms with Crippen LogP contribution in [0, 0.1) is 0 Å². The zero-order valence-corrected chi connectivity index (χ0v) is 20.5. The first-order valence-corrected chi connectivity index (χ1v) is 13.3. The molecule has 0 bridgehead atoms. The quantitative estimate of drug-likeness (QED) is 0.389. The van der Waals surface area contributed by atoms with E-state index in [9.17, 15) is 0 Å². The van der Waals surface area contributed by atoms with Gasteiger partial charge < -0.3 is 9.30 Å². The third-order valence-electron chi connectivity index (χ3n) is 6.60. The van der Waals surface area contributed by atoms with Crippen LogP contribution in [0.3, 0.4) is 0 Å². The molecule has 2 fully saturated rings. The summed E-state index contributed by atoms with van der Waals surface area (Å²) in [4.78, 5) is 2.52. The highest BCUT2D eigenvalue weighted by Crippen LogP contribution is 2.31. The molecule has 5 nitrogen and oxygen atoms in total. The van der Waals surface area contributed by atoms with Crippen molar-refractivity contribution < 1.29 is 4.74 Å². The maximum atomic E-state index is 6.17. The molecule has 0 saturated carbocycles. The second-order valence-electron chi connectivity index (χ2n) is 9.04. The number of benzene rings is 2. The van der Waals surface area contributed by atoms with Gasteiger partial charge in [0.15, 0.2) is 5.16 Å². The fourth-order valence-electron chi connectivity index (χ4n) is 4.81. The van der Waals surface area contributed by atoms with Gasteiger partial charge >= 0.3 is 0 Å². The molecule has 5 rings (SSSR count). The summed E-state index contributed by atoms with van der Waals surface area (Å²) < 4.78 is 8.19. The van der Waals surface area contributed by atoms with Crippen LogP contribution in [-0.2, 0) is 17.8 Å². The summed E-state index contributed by atoms with van der Waals surface area (Å²) in [6.45, 7) is 4.79. The van der Waals surface area contributed by atoms with E-state index in [0.717, 1.165) is 73.8 Å². The monoisotopic (exact) mass is 482 g/mol. The lowest BCUT2D eigenvalue weighted by molar-refractivity contribution is 0.129. The Labute approximate surface area is 205 Å². The third kappa shape index (κ3) is 5.99. The topological polar surface area (TPSA) is 43.2 Å². The number of hydrogen-bond donors (Lipinski definition) is 0. The molecule has 1 atom stereocenters. The molecule has 0 aliphatic carbocycles. The van der Waals surface area contributed by atoms with E-state index in [0.29, 0.717) is 12.0 Å². The minimum absolute atomic E-state index is 0.343. The van der Waals surface area contributed by atoms with E-state index in [1.54, 1.807) is 11.8 Å². The van der Waals surface area contributed by atoms with E-state index in [1.165, 1.54) is 17.5 Å². The van der Waals surface area contributed by atoms with Crippen LogP contribution in [0.25, 0.3) is 0 Å². The van der Waals surface area contributed by atoms with E-state index in [4.69, 9.17) is 21.4 Å². The summed E-state index contributed by atoms with van der Waals surface area (Å²) in [6.07, 6.45) is 4.86. The Morgan fingerprint density at radius 1 is 0.939 bits per heavy atom. The molecule has 1 aromatic heterocycles. The van der Waals surface area contributed by atoms with Gasteiger partial charge in [-0.15, -0.1) is 10.2 Å². The number of rotatable bonds is 8. The van der Waals surface area contributed by atoms with Crippen LogP contribution in [0.2, 0.25) is 5.02 Å². The smallest absolute Gasteiger partial charge is 0.191 e. The average Bonchev–Trinajstić information content (AvgIpc) is 3.49. The minimum Gasteiger partial charge on any atom is -0.377 e. The lowest BCUT2D eigenvalue weighted by Gasteiger charge is -2.31. The molecule has 2 aliphatic heterocycles. The first kappa shape index (κ1) is 22.9. The lowest BCUT2D eigenvalue weighted by Crippen LogP contribution is -2.33. The maximum Gasteiger partial charge on any atom is 0.191 e. The van der Waals surface area contributed by atoms with Crippen molar-refractivity contribution in [3.63, 3.8) is 0 Å². The Kier molecular flexibility index (Phi) is 7.67. The summed E-state index contributed by atoms with van der Waals surface area (Å²) in [5.74, 6) is 2.52. The van der Waals surface area contributed by atoms with Crippen molar-refractivity contribution >= 4 is 23.4 Å². The predicted octanol–water partition coefficient (Wildman–Crippen LogP) is 5.63. The Morgan fingerprint density at radius 2 is 1.76 bits per heavy atom. The predicted molar refractivity (Wildman–Crippen MR) is 134 cm³/mol. The van der Waals surface area contributed by atoms with E-state index < -0.39 is 0 Å². The number of piperidine rings is 1. The summed E-state index contributed by atoms with van der Waals surface area (Å²) in [5.41, 5.74) is 2.57. The first-order valence-electron chi connectivity index (χ1n) is 11.9. The molecule has 174 valence electrons. The van der Waals surface area contributed by atoms with Gasteiger partial charge in [-0.1, -0.05) is 65.8 Å². The molecule has 3 aromatic rings. The van der Waals surface area contributed by atoms with Gasteiger partial charge in [0.1, 0.15) is 5.82 Å². The summed E-state index contributed by atoms with van der Waals surface area (Å²) >= 11 is 7.97. The van der Waals surface area contributed by atoms with Gasteiger partial charge in [-0.25, -0.2) is 0 Å². The number of ether oxygens (including phenoxy) is 1. The minimum atomic E-state index is 0.343. The third-order valence-corrected chi connectivity index (χ3v) is 7.93. The van der Waals surface area contributed by atoms with Gasteiger partial charge in [0.25, 0.3) is 0 Å². The molecule has 2 saturated heterocycles. The normalized spacial score (nSPS) is 19.8. The van der Waals surface area contributed by atoms with Crippen LogP contribution in [0.1, 0.15) is 48.6 Å². The van der Waals surface area contributed by atoms with E-state index in [1.807, 2.05) is 12.1 Å². The molecule has 0 amide bonds. The fraction of sp³-hybridized carbons (Fsp3) is 0.462. The highest BCUT2D eigenvalue weighted by Gasteiger charge is 2.27. The zero-order chi connectivity index (χ0) is 22.5. The SMILES string of the molecule is Clc1cccc(CN2CCC(c3nnc(SCC4CCCO4)n3Cc3ccccc3)CC2)c1. The molecule has 0 spiro atoms. The molecule has 33 heavy (non-hydrogen) atoms. The summed E-state index contributed by atoms with van der Waals surface area (Å²) in [7, 11) is 0. The number of aromatic nitrogens is 3. The molecule has 0 N–H and O–H groups in total. The molecule has 0 radical (unpaired) electrons. The van der Waals surface area contributed by atoms with Gasteiger partial charge in [-0.05, 0) is 62.0 Å². The Balaban J connectivity index is 1.27. The van der Waals surface area contributed by atoms with Crippen molar-refractivity contribution in [1.29, 1.82) is 0 Å². The van der Waals surface area contributed by atoms with Gasteiger partial charge in [0.05, 0.1) is 12.6 Å². The van der Waals surface area contributed by atoms with Crippen molar-refractivity contribution in [3.05, 3.63) is 76.6 Å². The van der Waals surface area contributed by atoms with Gasteiger partial charge in [-0.3, -0.25) is 4.90 Å². The van der Waals surface area contributed by atoms with Gasteiger partial charge in [0.2, 0.25) is 0 Å². The average molecular weight is 483 g/mol. The Bertz CT molecular complexity index is 1030. The zero-order valence-electron chi connectivity index (χ0n) is 18.9. The van der Waals surface area contributed by atoms with E-state index >= 15 is 0 Å². The number of thioether (sulfide) groups is 1. The van der Waals surface area contributed by atoms with Crippen LogP contribution >= 0.6 is 23.4 Å². The van der Waals surface area contributed by atoms with Crippen LogP contribution in [-0.4, -0.2) is 51.2 Å². The standard InChI is InChI=1S/C26H31ClN4OS/c27-23-9-4-8-21(16-23)17-30-13-11-22(12-14-30)25-28-29-26(33-19-24-10-5-15-32-24)31(25)18-20-6-2-1-3-7-20/h1-4,6-9,16,22,24H,5,10-15,17-19H2. The van der Waals surface area contributed by atoms with Crippen LogP contribution in [0.4, 0.5) is 0 Å². The maximum absolute atomic E-state index is 6.17. The van der Waals surface area contributed by atoms with E-state index in [2.05, 4.69) is 57.0 Å². The molecular formula is C26H31ClN4OS. The molecule has 2 aromatic carbocycles. The fourth-order valence-corrected chi connectivity index (χ4v) is 6.03. The summed E-state index contributed by atoms with van der Waals surface area (Å²) in [5, 5.41) is 11.2. The summed E-state index contributed by atoms with van der Waals surface area (Å²) in [6, 6.07) is 18.8. The largest absolute Gasteiger partial charge is 0.377 e. The van der Waals surface area contributed by atoms with Gasteiger partial charge in [-0.2, -0.15) is 0 Å². The second-order valence-corrected chi connectivity index (χ2v) is 10.5. The molecule has 3 heterocycles. The van der Waals surface area contributed by atoms with Crippen molar-refractivity contribution in [2.75, 3.05) is 25.4 Å².